The Labute approximate surface area is 192 Å². The first-order valence-electron chi connectivity index (χ1n) is 10.0. The number of amides is 1. The summed E-state index contributed by atoms with van der Waals surface area (Å²) < 4.78 is 18.0. The second kappa shape index (κ2) is 8.83. The summed E-state index contributed by atoms with van der Waals surface area (Å²) in [5.74, 6) is 2.18. The predicted octanol–water partition coefficient (Wildman–Crippen LogP) is 4.29. The number of methoxy groups -OCH3 is 2. The minimum absolute atomic E-state index is 0.103. The van der Waals surface area contributed by atoms with Gasteiger partial charge in [0.2, 0.25) is 5.91 Å². The molecular weight excluding hydrogens is 442 g/mol. The first kappa shape index (κ1) is 20.8. The number of thioether (sulfide) groups is 1. The first-order valence-corrected chi connectivity index (χ1v) is 11.0. The maximum absolute atomic E-state index is 12.7. The van der Waals surface area contributed by atoms with Crippen LogP contribution in [-0.4, -0.2) is 45.5 Å². The van der Waals surface area contributed by atoms with E-state index >= 15 is 0 Å². The number of carbonyl (C=O) groups excluding carboxylic acids is 1. The van der Waals surface area contributed by atoms with Gasteiger partial charge in [-0.25, -0.2) is 4.98 Å². The number of ether oxygens (including phenoxy) is 2. The number of anilines is 1. The lowest BCUT2D eigenvalue weighted by molar-refractivity contribution is -0.113. The van der Waals surface area contributed by atoms with Gasteiger partial charge in [0, 0.05) is 11.5 Å². The van der Waals surface area contributed by atoms with Crippen molar-refractivity contribution in [3.05, 3.63) is 60.9 Å². The predicted molar refractivity (Wildman–Crippen MR) is 125 cm³/mol. The van der Waals surface area contributed by atoms with Crippen LogP contribution in [0.1, 0.15) is 0 Å². The van der Waals surface area contributed by atoms with Crippen LogP contribution in [0.25, 0.3) is 28.1 Å². The van der Waals surface area contributed by atoms with Crippen LogP contribution in [0, 0.1) is 0 Å². The lowest BCUT2D eigenvalue weighted by atomic mass is 10.2. The SMILES string of the molecule is COc1ccc(OC)c(NC(=O)CSc2nnc3c4ccccc4nc(-c4ccco4)n23)c1. The molecule has 33 heavy (non-hydrogen) atoms. The number of rotatable bonds is 7. The number of fused-ring (bicyclic) bond motifs is 3. The molecule has 1 N–H and O–H groups in total. The van der Waals surface area contributed by atoms with E-state index < -0.39 is 0 Å². The van der Waals surface area contributed by atoms with Crippen molar-refractivity contribution >= 4 is 39.9 Å². The van der Waals surface area contributed by atoms with Crippen LogP contribution < -0.4 is 14.8 Å². The third kappa shape index (κ3) is 3.96. The van der Waals surface area contributed by atoms with E-state index in [2.05, 4.69) is 15.5 Å². The molecule has 0 saturated heterocycles. The van der Waals surface area contributed by atoms with Crippen LogP contribution in [0.2, 0.25) is 0 Å². The Kier molecular flexibility index (Phi) is 5.57. The Morgan fingerprint density at radius 3 is 2.76 bits per heavy atom. The standard InChI is InChI=1S/C23H19N5O4S/c1-30-14-9-10-18(31-2)17(12-14)24-20(29)13-33-23-27-26-21-15-6-3-4-7-16(15)25-22(28(21)23)19-8-5-11-32-19/h3-12H,13H2,1-2H3,(H,24,29). The van der Waals surface area contributed by atoms with Gasteiger partial charge in [-0.1, -0.05) is 23.9 Å². The van der Waals surface area contributed by atoms with E-state index in [0.29, 0.717) is 39.6 Å². The summed E-state index contributed by atoms with van der Waals surface area (Å²) in [5.41, 5.74) is 1.95. The number of para-hydroxylation sites is 1. The molecule has 9 nitrogen and oxygen atoms in total. The van der Waals surface area contributed by atoms with E-state index in [9.17, 15) is 4.79 Å². The number of nitrogens with one attached hydrogen (secondary N) is 1. The number of benzene rings is 2. The lowest BCUT2D eigenvalue weighted by Gasteiger charge is -2.11. The van der Waals surface area contributed by atoms with Crippen molar-refractivity contribution in [2.24, 2.45) is 0 Å². The summed E-state index contributed by atoms with van der Waals surface area (Å²) in [5, 5.41) is 12.9. The van der Waals surface area contributed by atoms with Crippen LogP contribution in [0.15, 0.2) is 70.4 Å². The number of hydrogen-bond acceptors (Lipinski definition) is 8. The summed E-state index contributed by atoms with van der Waals surface area (Å²) in [6.07, 6.45) is 1.59. The molecule has 3 heterocycles. The van der Waals surface area contributed by atoms with Gasteiger partial charge in [0.05, 0.1) is 37.4 Å². The summed E-state index contributed by atoms with van der Waals surface area (Å²) in [6.45, 7) is 0. The fourth-order valence-electron chi connectivity index (χ4n) is 3.45. The van der Waals surface area contributed by atoms with Crippen LogP contribution in [0.4, 0.5) is 5.69 Å². The normalized spacial score (nSPS) is 11.1. The highest BCUT2D eigenvalue weighted by atomic mass is 32.2. The molecule has 0 bridgehead atoms. The molecule has 0 aliphatic carbocycles. The fourth-order valence-corrected chi connectivity index (χ4v) is 4.19. The maximum atomic E-state index is 12.7. The van der Waals surface area contributed by atoms with E-state index in [1.807, 2.05) is 34.7 Å². The first-order chi connectivity index (χ1) is 16.2. The largest absolute Gasteiger partial charge is 0.497 e. The zero-order valence-electron chi connectivity index (χ0n) is 17.8. The van der Waals surface area contributed by atoms with Crippen LogP contribution in [-0.2, 0) is 4.79 Å². The monoisotopic (exact) mass is 461 g/mol. The van der Waals surface area contributed by atoms with Gasteiger partial charge in [-0.3, -0.25) is 9.20 Å². The molecule has 0 unspecified atom stereocenters. The molecule has 2 aromatic carbocycles. The Bertz CT molecular complexity index is 1450. The zero-order chi connectivity index (χ0) is 22.8. The highest BCUT2D eigenvalue weighted by Crippen LogP contribution is 2.31. The van der Waals surface area contributed by atoms with Gasteiger partial charge in [0.1, 0.15) is 11.5 Å². The Morgan fingerprint density at radius 2 is 1.97 bits per heavy atom. The van der Waals surface area contributed by atoms with E-state index in [4.69, 9.17) is 18.9 Å². The molecule has 10 heteroatoms. The molecule has 5 rings (SSSR count). The van der Waals surface area contributed by atoms with Gasteiger partial charge in [-0.15, -0.1) is 10.2 Å². The number of hydrogen-bond donors (Lipinski definition) is 1. The molecule has 0 aliphatic heterocycles. The molecule has 0 spiro atoms. The molecule has 0 radical (unpaired) electrons. The Morgan fingerprint density at radius 1 is 1.09 bits per heavy atom. The van der Waals surface area contributed by atoms with Crippen molar-refractivity contribution in [3.63, 3.8) is 0 Å². The maximum Gasteiger partial charge on any atom is 0.234 e. The molecule has 0 fully saturated rings. The van der Waals surface area contributed by atoms with Gasteiger partial charge in [0.25, 0.3) is 0 Å². The van der Waals surface area contributed by atoms with Gasteiger partial charge < -0.3 is 19.2 Å². The molecule has 166 valence electrons. The molecule has 0 aliphatic rings. The molecule has 0 saturated carbocycles. The summed E-state index contributed by atoms with van der Waals surface area (Å²) >= 11 is 1.25. The average molecular weight is 462 g/mol. The third-order valence-electron chi connectivity index (χ3n) is 4.97. The number of furan rings is 1. The number of nitrogens with zero attached hydrogens (tertiary/aromatic N) is 4. The zero-order valence-corrected chi connectivity index (χ0v) is 18.6. The Hall–Kier alpha value is -4.05. The van der Waals surface area contributed by atoms with Gasteiger partial charge >= 0.3 is 0 Å². The average Bonchev–Trinajstić information content (AvgIpc) is 3.53. The van der Waals surface area contributed by atoms with Crippen molar-refractivity contribution < 1.29 is 18.7 Å². The van der Waals surface area contributed by atoms with Crippen molar-refractivity contribution in [3.8, 4) is 23.1 Å². The van der Waals surface area contributed by atoms with Crippen LogP contribution in [0.3, 0.4) is 0 Å². The van der Waals surface area contributed by atoms with Gasteiger partial charge in [-0.05, 0) is 36.4 Å². The second-order valence-corrected chi connectivity index (χ2v) is 7.92. The Balaban J connectivity index is 1.45. The van der Waals surface area contributed by atoms with E-state index in [1.165, 1.54) is 11.8 Å². The number of aromatic nitrogens is 4. The van der Waals surface area contributed by atoms with Gasteiger partial charge in [-0.2, -0.15) is 0 Å². The lowest BCUT2D eigenvalue weighted by Crippen LogP contribution is -2.15. The molecule has 1 amide bonds. The topological polar surface area (TPSA) is 104 Å². The minimum atomic E-state index is -0.225. The highest BCUT2D eigenvalue weighted by Gasteiger charge is 2.19. The third-order valence-corrected chi connectivity index (χ3v) is 5.90. The minimum Gasteiger partial charge on any atom is -0.497 e. The summed E-state index contributed by atoms with van der Waals surface area (Å²) in [4.78, 5) is 17.5. The summed E-state index contributed by atoms with van der Waals surface area (Å²) in [7, 11) is 3.11. The van der Waals surface area contributed by atoms with E-state index in [1.54, 1.807) is 44.7 Å². The highest BCUT2D eigenvalue weighted by molar-refractivity contribution is 7.99. The van der Waals surface area contributed by atoms with Crippen LogP contribution in [0.5, 0.6) is 11.5 Å². The smallest absolute Gasteiger partial charge is 0.234 e. The fraction of sp³-hybridized carbons (Fsp3) is 0.130. The van der Waals surface area contributed by atoms with Crippen LogP contribution >= 0.6 is 11.8 Å². The second-order valence-electron chi connectivity index (χ2n) is 6.97. The van der Waals surface area contributed by atoms with Crippen molar-refractivity contribution in [2.75, 3.05) is 25.3 Å². The molecule has 3 aromatic heterocycles. The molecule has 5 aromatic rings. The van der Waals surface area contributed by atoms with E-state index in [-0.39, 0.29) is 11.7 Å². The molecular formula is C23H19N5O4S. The van der Waals surface area contributed by atoms with Crippen molar-refractivity contribution in [1.29, 1.82) is 0 Å². The molecule has 0 atom stereocenters. The van der Waals surface area contributed by atoms with E-state index in [0.717, 1.165) is 10.9 Å². The quantitative estimate of drug-likeness (QED) is 0.358. The van der Waals surface area contributed by atoms with Gasteiger partial charge in [0.15, 0.2) is 22.4 Å². The summed E-state index contributed by atoms with van der Waals surface area (Å²) in [6, 6.07) is 16.5. The number of carbonyl (C=O) groups is 1. The van der Waals surface area contributed by atoms with Crippen molar-refractivity contribution in [2.45, 2.75) is 5.16 Å². The van der Waals surface area contributed by atoms with Crippen molar-refractivity contribution in [1.82, 2.24) is 19.6 Å².